The van der Waals surface area contributed by atoms with E-state index in [0.29, 0.717) is 6.61 Å². The maximum atomic E-state index is 8.68. The number of nitrogens with one attached hydrogen (secondary N) is 1. The third kappa shape index (κ3) is 4.50. The molecule has 1 heterocycles. The number of benzene rings is 1. The van der Waals surface area contributed by atoms with Crippen molar-refractivity contribution in [2.45, 2.75) is 25.8 Å². The van der Waals surface area contributed by atoms with Crippen molar-refractivity contribution >= 4 is 0 Å². The van der Waals surface area contributed by atoms with Crippen LogP contribution in [0.1, 0.15) is 24.8 Å². The lowest BCUT2D eigenvalue weighted by Gasteiger charge is -2.06. The zero-order chi connectivity index (χ0) is 13.3. The van der Waals surface area contributed by atoms with Gasteiger partial charge >= 0.3 is 0 Å². The minimum Gasteiger partial charge on any atom is -0.396 e. The smallest absolute Gasteiger partial charge is 0.0645 e. The molecule has 0 aliphatic rings. The van der Waals surface area contributed by atoms with Crippen LogP contribution in [0, 0.1) is 0 Å². The average molecular weight is 259 g/mol. The van der Waals surface area contributed by atoms with Crippen molar-refractivity contribution in [1.82, 2.24) is 15.1 Å². The molecule has 0 fully saturated rings. The molecule has 0 aliphatic heterocycles. The maximum absolute atomic E-state index is 8.68. The first-order valence-electron chi connectivity index (χ1n) is 6.80. The molecule has 4 nitrogen and oxygen atoms in total. The third-order valence-corrected chi connectivity index (χ3v) is 3.05. The lowest BCUT2D eigenvalue weighted by atomic mass is 10.2. The summed E-state index contributed by atoms with van der Waals surface area (Å²) in [6, 6.07) is 10.3. The second-order valence-electron chi connectivity index (χ2n) is 4.58. The standard InChI is InChI=1S/C15H21N3O/c19-12-3-1-2-9-16-13-14-5-7-15(8-6-14)18-11-4-10-17-18/h4-8,10-11,16,19H,1-3,9,12-13H2. The molecule has 0 unspecified atom stereocenters. The Kier molecular flexibility index (Phi) is 5.59. The van der Waals surface area contributed by atoms with Crippen molar-refractivity contribution in [3.8, 4) is 5.69 Å². The summed E-state index contributed by atoms with van der Waals surface area (Å²) in [6.07, 6.45) is 6.82. The molecule has 1 aromatic heterocycles. The van der Waals surface area contributed by atoms with Gasteiger partial charge in [-0.1, -0.05) is 12.1 Å². The van der Waals surface area contributed by atoms with E-state index in [9.17, 15) is 0 Å². The molecular weight excluding hydrogens is 238 g/mol. The summed E-state index contributed by atoms with van der Waals surface area (Å²) < 4.78 is 1.85. The summed E-state index contributed by atoms with van der Waals surface area (Å²) in [7, 11) is 0. The fourth-order valence-corrected chi connectivity index (χ4v) is 1.96. The van der Waals surface area contributed by atoms with Gasteiger partial charge in [0, 0.05) is 25.5 Å². The molecule has 0 aliphatic carbocycles. The molecule has 0 bridgehead atoms. The fourth-order valence-electron chi connectivity index (χ4n) is 1.96. The van der Waals surface area contributed by atoms with Crippen molar-refractivity contribution in [2.24, 2.45) is 0 Å². The summed E-state index contributed by atoms with van der Waals surface area (Å²) in [5.74, 6) is 0. The van der Waals surface area contributed by atoms with Gasteiger partial charge in [-0.25, -0.2) is 4.68 Å². The van der Waals surface area contributed by atoms with E-state index in [1.54, 1.807) is 6.20 Å². The molecule has 2 rings (SSSR count). The summed E-state index contributed by atoms with van der Waals surface area (Å²) in [6.45, 7) is 2.19. The Bertz CT molecular complexity index is 451. The summed E-state index contributed by atoms with van der Waals surface area (Å²) in [4.78, 5) is 0. The maximum Gasteiger partial charge on any atom is 0.0645 e. The Morgan fingerprint density at radius 1 is 1.11 bits per heavy atom. The molecule has 4 heteroatoms. The topological polar surface area (TPSA) is 50.1 Å². The number of unbranched alkanes of at least 4 members (excludes halogenated alkanes) is 2. The Balaban J connectivity index is 1.73. The van der Waals surface area contributed by atoms with Crippen LogP contribution in [0.3, 0.4) is 0 Å². The molecule has 1 aromatic carbocycles. The highest BCUT2D eigenvalue weighted by Gasteiger charge is 1.97. The van der Waals surface area contributed by atoms with Gasteiger partial charge in [0.1, 0.15) is 0 Å². The van der Waals surface area contributed by atoms with Crippen LogP contribution in [0.4, 0.5) is 0 Å². The van der Waals surface area contributed by atoms with Crippen LogP contribution in [0.25, 0.3) is 5.69 Å². The second kappa shape index (κ2) is 7.71. The van der Waals surface area contributed by atoms with E-state index in [1.807, 2.05) is 16.9 Å². The molecule has 0 spiro atoms. The van der Waals surface area contributed by atoms with E-state index in [2.05, 4.69) is 34.7 Å². The second-order valence-corrected chi connectivity index (χ2v) is 4.58. The van der Waals surface area contributed by atoms with E-state index < -0.39 is 0 Å². The van der Waals surface area contributed by atoms with Gasteiger partial charge in [0.2, 0.25) is 0 Å². The molecule has 0 radical (unpaired) electrons. The zero-order valence-corrected chi connectivity index (χ0v) is 11.1. The first kappa shape index (κ1) is 13.8. The van der Waals surface area contributed by atoms with Crippen molar-refractivity contribution < 1.29 is 5.11 Å². The van der Waals surface area contributed by atoms with E-state index in [4.69, 9.17) is 5.11 Å². The fraction of sp³-hybridized carbons (Fsp3) is 0.400. The molecule has 19 heavy (non-hydrogen) atoms. The number of aliphatic hydroxyl groups is 1. The normalized spacial score (nSPS) is 10.8. The zero-order valence-electron chi connectivity index (χ0n) is 11.1. The predicted octanol–water partition coefficient (Wildman–Crippen LogP) is 2.12. The first-order chi connectivity index (χ1) is 9.40. The van der Waals surface area contributed by atoms with Gasteiger partial charge < -0.3 is 10.4 Å². The highest BCUT2D eigenvalue weighted by molar-refractivity contribution is 5.33. The van der Waals surface area contributed by atoms with Gasteiger partial charge in [0.05, 0.1) is 5.69 Å². The quantitative estimate of drug-likeness (QED) is 0.714. The van der Waals surface area contributed by atoms with E-state index in [-0.39, 0.29) is 0 Å². The largest absolute Gasteiger partial charge is 0.396 e. The van der Waals surface area contributed by atoms with Crippen LogP contribution in [-0.4, -0.2) is 28.0 Å². The third-order valence-electron chi connectivity index (χ3n) is 3.05. The minimum absolute atomic E-state index is 0.300. The SMILES string of the molecule is OCCCCCNCc1ccc(-n2cccn2)cc1. The van der Waals surface area contributed by atoms with Gasteiger partial charge in [-0.2, -0.15) is 5.10 Å². The molecule has 0 amide bonds. The van der Waals surface area contributed by atoms with Gasteiger partial charge in [-0.3, -0.25) is 0 Å². The van der Waals surface area contributed by atoms with E-state index in [1.165, 1.54) is 5.56 Å². The predicted molar refractivity (Wildman–Crippen MR) is 76.2 cm³/mol. The van der Waals surface area contributed by atoms with Crippen LogP contribution in [-0.2, 0) is 6.54 Å². The number of hydrogen-bond acceptors (Lipinski definition) is 3. The van der Waals surface area contributed by atoms with Crippen molar-refractivity contribution in [2.75, 3.05) is 13.2 Å². The molecule has 2 N–H and O–H groups in total. The van der Waals surface area contributed by atoms with Crippen LogP contribution in [0.2, 0.25) is 0 Å². The van der Waals surface area contributed by atoms with Crippen molar-refractivity contribution in [1.29, 1.82) is 0 Å². The highest BCUT2D eigenvalue weighted by Crippen LogP contribution is 2.08. The Morgan fingerprint density at radius 2 is 1.95 bits per heavy atom. The Hall–Kier alpha value is -1.65. The van der Waals surface area contributed by atoms with Gasteiger partial charge in [-0.15, -0.1) is 0 Å². The molecule has 0 saturated carbocycles. The minimum atomic E-state index is 0.300. The number of aromatic nitrogens is 2. The van der Waals surface area contributed by atoms with Crippen LogP contribution in [0.5, 0.6) is 0 Å². The van der Waals surface area contributed by atoms with Crippen LogP contribution >= 0.6 is 0 Å². The summed E-state index contributed by atoms with van der Waals surface area (Å²) >= 11 is 0. The number of hydrogen-bond donors (Lipinski definition) is 2. The number of aliphatic hydroxyl groups excluding tert-OH is 1. The van der Waals surface area contributed by atoms with Crippen molar-refractivity contribution in [3.05, 3.63) is 48.3 Å². The lowest BCUT2D eigenvalue weighted by Crippen LogP contribution is -2.14. The van der Waals surface area contributed by atoms with Crippen molar-refractivity contribution in [3.63, 3.8) is 0 Å². The Morgan fingerprint density at radius 3 is 2.63 bits per heavy atom. The number of nitrogens with zero attached hydrogens (tertiary/aromatic N) is 2. The monoisotopic (exact) mass is 259 g/mol. The van der Waals surface area contributed by atoms with Gasteiger partial charge in [-0.05, 0) is 49.6 Å². The molecule has 0 atom stereocenters. The van der Waals surface area contributed by atoms with Crippen LogP contribution in [0.15, 0.2) is 42.7 Å². The highest BCUT2D eigenvalue weighted by atomic mass is 16.2. The molecular formula is C15H21N3O. The van der Waals surface area contributed by atoms with Crippen LogP contribution < -0.4 is 5.32 Å². The summed E-state index contributed by atoms with van der Waals surface area (Å²) in [5.41, 5.74) is 2.36. The number of rotatable bonds is 8. The molecule has 102 valence electrons. The lowest BCUT2D eigenvalue weighted by molar-refractivity contribution is 0.283. The summed E-state index contributed by atoms with van der Waals surface area (Å²) in [5, 5.41) is 16.3. The first-order valence-corrected chi connectivity index (χ1v) is 6.80. The van der Waals surface area contributed by atoms with E-state index >= 15 is 0 Å². The average Bonchev–Trinajstić information content (AvgIpc) is 2.97. The van der Waals surface area contributed by atoms with E-state index in [0.717, 1.165) is 38.0 Å². The molecule has 2 aromatic rings. The van der Waals surface area contributed by atoms with Gasteiger partial charge in [0.25, 0.3) is 0 Å². The van der Waals surface area contributed by atoms with Gasteiger partial charge in [0.15, 0.2) is 0 Å². The molecule has 0 saturated heterocycles. The Labute approximate surface area is 114 Å².